The van der Waals surface area contributed by atoms with Crippen LogP contribution < -0.4 is 10.5 Å². The third-order valence-electron chi connectivity index (χ3n) is 3.84. The van der Waals surface area contributed by atoms with Crippen molar-refractivity contribution >= 4 is 5.78 Å². The molecule has 2 N–H and O–H groups in total. The average Bonchev–Trinajstić information content (AvgIpc) is 2.38. The maximum absolute atomic E-state index is 12.5. The van der Waals surface area contributed by atoms with Gasteiger partial charge in [-0.1, -0.05) is 19.8 Å². The van der Waals surface area contributed by atoms with E-state index >= 15 is 0 Å². The molecule has 2 unspecified atom stereocenters. The quantitative estimate of drug-likeness (QED) is 0.836. The Balaban J connectivity index is 2.18. The highest BCUT2D eigenvalue weighted by molar-refractivity contribution is 6.03. The van der Waals surface area contributed by atoms with Gasteiger partial charge in [0.1, 0.15) is 5.75 Å². The normalized spacial score (nSPS) is 27.8. The van der Waals surface area contributed by atoms with Crippen molar-refractivity contribution in [1.29, 1.82) is 0 Å². The molecule has 1 aromatic rings. The highest BCUT2D eigenvalue weighted by Gasteiger charge is 2.38. The maximum Gasteiger partial charge on any atom is 0.182 e. The number of carbonyl (C=O) groups is 1. The van der Waals surface area contributed by atoms with E-state index < -0.39 is 5.54 Å². The van der Waals surface area contributed by atoms with Crippen LogP contribution in [0.15, 0.2) is 24.3 Å². The van der Waals surface area contributed by atoms with Gasteiger partial charge in [-0.15, -0.1) is 0 Å². The summed E-state index contributed by atoms with van der Waals surface area (Å²) >= 11 is 0. The summed E-state index contributed by atoms with van der Waals surface area (Å²) in [5, 5.41) is 0. The second-order valence-corrected chi connectivity index (χ2v) is 5.42. The first-order valence-electron chi connectivity index (χ1n) is 6.53. The number of Topliss-reactive ketones (excluding diaryl/α,β-unsaturated/α-hetero) is 1. The zero-order chi connectivity index (χ0) is 13.2. The summed E-state index contributed by atoms with van der Waals surface area (Å²) < 4.78 is 5.09. The number of ether oxygens (including phenoxy) is 1. The van der Waals surface area contributed by atoms with Crippen LogP contribution in [0, 0.1) is 5.92 Å². The number of nitrogens with two attached hydrogens (primary N) is 1. The van der Waals surface area contributed by atoms with Crippen molar-refractivity contribution in [3.63, 3.8) is 0 Å². The fourth-order valence-corrected chi connectivity index (χ4v) is 2.83. The maximum atomic E-state index is 12.5. The van der Waals surface area contributed by atoms with Gasteiger partial charge in [-0.05, 0) is 43.0 Å². The van der Waals surface area contributed by atoms with Crippen molar-refractivity contribution in [2.45, 2.75) is 38.1 Å². The predicted octanol–water partition coefficient (Wildman–Crippen LogP) is 2.79. The molecule has 0 bridgehead atoms. The summed E-state index contributed by atoms with van der Waals surface area (Å²) in [6.07, 6.45) is 3.80. The fourth-order valence-electron chi connectivity index (χ4n) is 2.83. The molecule has 1 saturated carbocycles. The number of carbonyl (C=O) groups excluding carboxylic acids is 1. The van der Waals surface area contributed by atoms with Crippen LogP contribution in [0.5, 0.6) is 5.75 Å². The van der Waals surface area contributed by atoms with Gasteiger partial charge in [0.2, 0.25) is 0 Å². The first-order valence-corrected chi connectivity index (χ1v) is 6.53. The molecule has 0 heterocycles. The SMILES string of the molecule is COc1ccc(C(=O)C2(N)CCCC(C)C2)cc1. The smallest absolute Gasteiger partial charge is 0.182 e. The van der Waals surface area contributed by atoms with E-state index in [-0.39, 0.29) is 5.78 Å². The minimum Gasteiger partial charge on any atom is -0.497 e. The molecule has 0 aromatic heterocycles. The summed E-state index contributed by atoms with van der Waals surface area (Å²) in [6, 6.07) is 7.22. The van der Waals surface area contributed by atoms with Gasteiger partial charge in [0, 0.05) is 5.56 Å². The van der Waals surface area contributed by atoms with Crippen molar-refractivity contribution in [3.8, 4) is 5.75 Å². The Morgan fingerprint density at radius 3 is 2.61 bits per heavy atom. The van der Waals surface area contributed by atoms with E-state index in [0.717, 1.165) is 25.0 Å². The lowest BCUT2D eigenvalue weighted by molar-refractivity contribution is 0.0819. The van der Waals surface area contributed by atoms with Gasteiger partial charge in [0.15, 0.2) is 5.78 Å². The van der Waals surface area contributed by atoms with E-state index in [1.54, 1.807) is 19.2 Å². The molecule has 98 valence electrons. The van der Waals surface area contributed by atoms with E-state index in [9.17, 15) is 4.79 Å². The highest BCUT2D eigenvalue weighted by Crippen LogP contribution is 2.33. The summed E-state index contributed by atoms with van der Waals surface area (Å²) in [7, 11) is 1.62. The number of benzene rings is 1. The topological polar surface area (TPSA) is 52.3 Å². The molecule has 18 heavy (non-hydrogen) atoms. The number of methoxy groups -OCH3 is 1. The van der Waals surface area contributed by atoms with Crippen molar-refractivity contribution < 1.29 is 9.53 Å². The van der Waals surface area contributed by atoms with Gasteiger partial charge in [0.25, 0.3) is 0 Å². The van der Waals surface area contributed by atoms with Crippen LogP contribution in [0.4, 0.5) is 0 Å². The molecule has 1 aliphatic rings. The summed E-state index contributed by atoms with van der Waals surface area (Å²) in [5.41, 5.74) is 6.33. The van der Waals surface area contributed by atoms with Gasteiger partial charge in [-0.25, -0.2) is 0 Å². The molecule has 0 aliphatic heterocycles. The average molecular weight is 247 g/mol. The van der Waals surface area contributed by atoms with E-state index in [2.05, 4.69) is 6.92 Å². The van der Waals surface area contributed by atoms with Gasteiger partial charge in [-0.3, -0.25) is 4.79 Å². The van der Waals surface area contributed by atoms with Crippen molar-refractivity contribution in [2.24, 2.45) is 11.7 Å². The van der Waals surface area contributed by atoms with Crippen LogP contribution in [0.3, 0.4) is 0 Å². The second kappa shape index (κ2) is 5.11. The second-order valence-electron chi connectivity index (χ2n) is 5.42. The lowest BCUT2D eigenvalue weighted by atomic mass is 9.73. The Morgan fingerprint density at radius 1 is 1.39 bits per heavy atom. The van der Waals surface area contributed by atoms with Gasteiger partial charge in [0.05, 0.1) is 12.6 Å². The van der Waals surface area contributed by atoms with E-state index in [4.69, 9.17) is 10.5 Å². The van der Waals surface area contributed by atoms with Crippen LogP contribution in [-0.2, 0) is 0 Å². The van der Waals surface area contributed by atoms with Crippen LogP contribution in [0.25, 0.3) is 0 Å². The van der Waals surface area contributed by atoms with Crippen LogP contribution in [0.1, 0.15) is 43.0 Å². The molecule has 1 fully saturated rings. The molecular formula is C15H21NO2. The Bertz CT molecular complexity index is 427. The van der Waals surface area contributed by atoms with Crippen molar-refractivity contribution in [2.75, 3.05) is 7.11 Å². The zero-order valence-corrected chi connectivity index (χ0v) is 11.1. The number of rotatable bonds is 3. The molecule has 1 aliphatic carbocycles. The minimum atomic E-state index is -0.674. The van der Waals surface area contributed by atoms with E-state index in [0.29, 0.717) is 11.5 Å². The minimum absolute atomic E-state index is 0.0664. The molecule has 1 aromatic carbocycles. The molecular weight excluding hydrogens is 226 g/mol. The third-order valence-corrected chi connectivity index (χ3v) is 3.84. The highest BCUT2D eigenvalue weighted by atomic mass is 16.5. The van der Waals surface area contributed by atoms with Crippen LogP contribution in [-0.4, -0.2) is 18.4 Å². The largest absolute Gasteiger partial charge is 0.497 e. The molecule has 0 radical (unpaired) electrons. The lowest BCUT2D eigenvalue weighted by Gasteiger charge is -2.35. The monoisotopic (exact) mass is 247 g/mol. The first-order chi connectivity index (χ1) is 8.55. The molecule has 2 atom stereocenters. The Labute approximate surface area is 108 Å². The van der Waals surface area contributed by atoms with Gasteiger partial charge in [-0.2, -0.15) is 0 Å². The van der Waals surface area contributed by atoms with Crippen LogP contribution in [0.2, 0.25) is 0 Å². The lowest BCUT2D eigenvalue weighted by Crippen LogP contribution is -2.51. The van der Waals surface area contributed by atoms with E-state index in [1.807, 2.05) is 12.1 Å². The Hall–Kier alpha value is -1.35. The third kappa shape index (κ3) is 2.56. The van der Waals surface area contributed by atoms with E-state index in [1.165, 1.54) is 6.42 Å². The summed E-state index contributed by atoms with van der Waals surface area (Å²) in [5.74, 6) is 1.36. The summed E-state index contributed by atoms with van der Waals surface area (Å²) in [4.78, 5) is 12.5. The molecule has 0 amide bonds. The van der Waals surface area contributed by atoms with Gasteiger partial charge >= 0.3 is 0 Å². The van der Waals surface area contributed by atoms with Gasteiger partial charge < -0.3 is 10.5 Å². The zero-order valence-electron chi connectivity index (χ0n) is 11.1. The molecule has 2 rings (SSSR count). The Morgan fingerprint density at radius 2 is 2.06 bits per heavy atom. The predicted molar refractivity (Wildman–Crippen MR) is 71.9 cm³/mol. The van der Waals surface area contributed by atoms with Crippen molar-refractivity contribution in [3.05, 3.63) is 29.8 Å². The standard InChI is InChI=1S/C15H21NO2/c1-11-4-3-9-15(16,10-11)14(17)12-5-7-13(18-2)8-6-12/h5-8,11H,3-4,9-10,16H2,1-2H3. The molecule has 0 spiro atoms. The molecule has 0 saturated heterocycles. The first kappa shape index (κ1) is 13.1. The molecule has 3 nitrogen and oxygen atoms in total. The van der Waals surface area contributed by atoms with Crippen molar-refractivity contribution in [1.82, 2.24) is 0 Å². The fraction of sp³-hybridized carbons (Fsp3) is 0.533. The number of hydrogen-bond acceptors (Lipinski definition) is 3. The number of ketones is 1. The van der Waals surface area contributed by atoms with Crippen LogP contribution >= 0.6 is 0 Å². The summed E-state index contributed by atoms with van der Waals surface area (Å²) in [6.45, 7) is 2.17. The molecule has 3 heteroatoms. The number of hydrogen-bond donors (Lipinski definition) is 1. The Kier molecular flexibility index (Phi) is 3.71.